The fourth-order valence-corrected chi connectivity index (χ4v) is 9.35. The lowest BCUT2D eigenvalue weighted by Gasteiger charge is -2.41. The molecule has 1 saturated carbocycles. The van der Waals surface area contributed by atoms with Gasteiger partial charge in [0.15, 0.2) is 8.32 Å². The molecule has 2 rings (SSSR count). The quantitative estimate of drug-likeness (QED) is 0.789. The molecule has 3 heteroatoms. The number of fused-ring (bicyclic) bond motifs is 1. The molecule has 0 unspecified atom stereocenters. The summed E-state index contributed by atoms with van der Waals surface area (Å²) in [4.78, 5) is 0. The van der Waals surface area contributed by atoms with Crippen LogP contribution in [0.4, 0.5) is 0 Å². The van der Waals surface area contributed by atoms with Crippen molar-refractivity contribution in [3.63, 3.8) is 0 Å². The molecule has 0 spiro atoms. The summed E-state index contributed by atoms with van der Waals surface area (Å²) in [6, 6.07) is 2.33. The molecule has 19 heavy (non-hydrogen) atoms. The van der Waals surface area contributed by atoms with Gasteiger partial charge in [-0.1, -0.05) is 34.6 Å². The van der Waals surface area contributed by atoms with Crippen LogP contribution in [0.15, 0.2) is 0 Å². The first-order valence-corrected chi connectivity index (χ1v) is 10.7. The molecule has 2 nitrogen and oxygen atoms in total. The lowest BCUT2D eigenvalue weighted by Crippen LogP contribution is -2.40. The molecule has 0 radical (unpaired) electrons. The number of aliphatic hydroxyl groups is 1. The van der Waals surface area contributed by atoms with Crippen LogP contribution in [0.3, 0.4) is 0 Å². The maximum atomic E-state index is 10.0. The highest BCUT2D eigenvalue weighted by atomic mass is 28.4. The van der Waals surface area contributed by atoms with Crippen molar-refractivity contribution in [2.45, 2.75) is 71.2 Å². The summed E-state index contributed by atoms with van der Waals surface area (Å²) in [5.74, 6) is 2.77. The van der Waals surface area contributed by atoms with Crippen LogP contribution in [0.5, 0.6) is 0 Å². The average molecular weight is 285 g/mol. The van der Waals surface area contributed by atoms with Gasteiger partial charge in [-0.25, -0.2) is 0 Å². The second-order valence-electron chi connectivity index (χ2n) is 7.18. The van der Waals surface area contributed by atoms with Gasteiger partial charge in [0.25, 0.3) is 0 Å². The summed E-state index contributed by atoms with van der Waals surface area (Å²) in [7, 11) is -1.72. The van der Waals surface area contributed by atoms with E-state index in [1.54, 1.807) is 0 Å². The van der Waals surface area contributed by atoms with Crippen LogP contribution in [-0.4, -0.2) is 26.1 Å². The average Bonchev–Trinajstić information content (AvgIpc) is 2.74. The van der Waals surface area contributed by atoms with Crippen molar-refractivity contribution in [3.05, 3.63) is 0 Å². The molecule has 1 aliphatic carbocycles. The molecule has 1 saturated heterocycles. The molecule has 0 bridgehead atoms. The molecule has 2 aliphatic rings. The Morgan fingerprint density at radius 1 is 1.21 bits per heavy atom. The Balaban J connectivity index is 2.33. The van der Waals surface area contributed by atoms with E-state index in [-0.39, 0.29) is 0 Å². The zero-order chi connectivity index (χ0) is 14.2. The van der Waals surface area contributed by atoms with Crippen LogP contribution >= 0.6 is 0 Å². The molecule has 0 aromatic rings. The Kier molecular flexibility index (Phi) is 4.79. The molecule has 1 N–H and O–H groups in total. The Bertz CT molecular complexity index is 301. The highest BCUT2D eigenvalue weighted by molar-refractivity contribution is 6.76. The fourth-order valence-electron chi connectivity index (χ4n) is 4.86. The van der Waals surface area contributed by atoms with E-state index in [4.69, 9.17) is 4.43 Å². The number of rotatable bonds is 4. The van der Waals surface area contributed by atoms with Crippen molar-refractivity contribution in [3.8, 4) is 0 Å². The van der Waals surface area contributed by atoms with Crippen LogP contribution < -0.4 is 0 Å². The maximum absolute atomic E-state index is 10.0. The molecule has 5 atom stereocenters. The van der Waals surface area contributed by atoms with E-state index in [2.05, 4.69) is 34.6 Å². The highest BCUT2D eigenvalue weighted by Gasteiger charge is 2.58. The van der Waals surface area contributed by atoms with E-state index < -0.39 is 8.32 Å². The van der Waals surface area contributed by atoms with Gasteiger partial charge in [0.05, 0.1) is 6.10 Å². The molecule has 0 aromatic heterocycles. The van der Waals surface area contributed by atoms with E-state index in [0.717, 1.165) is 5.92 Å². The van der Waals surface area contributed by atoms with Crippen LogP contribution in [0, 0.1) is 23.7 Å². The largest absolute Gasteiger partial charge is 0.413 e. The lowest BCUT2D eigenvalue weighted by atomic mass is 9.68. The fraction of sp³-hybridized carbons (Fsp3) is 1.00. The summed E-state index contributed by atoms with van der Waals surface area (Å²) in [6.07, 6.45) is 3.07. The van der Waals surface area contributed by atoms with Gasteiger partial charge in [-0.3, -0.25) is 0 Å². The van der Waals surface area contributed by atoms with Crippen LogP contribution in [0.25, 0.3) is 0 Å². The van der Waals surface area contributed by atoms with Gasteiger partial charge in [0.2, 0.25) is 0 Å². The summed E-state index contributed by atoms with van der Waals surface area (Å²) >= 11 is 0. The Labute approximate surface area is 120 Å². The van der Waals surface area contributed by atoms with Crippen molar-refractivity contribution < 1.29 is 9.53 Å². The summed E-state index contributed by atoms with van der Waals surface area (Å²) in [5.41, 5.74) is 0.476. The van der Waals surface area contributed by atoms with Crippen LogP contribution in [-0.2, 0) is 4.43 Å². The van der Waals surface area contributed by atoms with Gasteiger partial charge in [0.1, 0.15) is 0 Å². The second kappa shape index (κ2) is 5.86. The van der Waals surface area contributed by atoms with Crippen LogP contribution in [0.1, 0.15) is 47.5 Å². The van der Waals surface area contributed by atoms with Gasteiger partial charge in [-0.2, -0.15) is 0 Å². The first-order chi connectivity index (χ1) is 9.00. The van der Waals surface area contributed by atoms with Gasteiger partial charge in [0, 0.05) is 12.1 Å². The normalized spacial score (nSPS) is 41.5. The first-order valence-electron chi connectivity index (χ1n) is 8.29. The number of hydrogen-bond acceptors (Lipinski definition) is 2. The van der Waals surface area contributed by atoms with E-state index in [1.807, 2.05) is 0 Å². The minimum atomic E-state index is -1.72. The van der Waals surface area contributed by atoms with Gasteiger partial charge in [-0.15, -0.1) is 0 Å². The minimum Gasteiger partial charge on any atom is -0.413 e. The van der Waals surface area contributed by atoms with Crippen molar-refractivity contribution in [2.24, 2.45) is 23.7 Å². The highest BCUT2D eigenvalue weighted by Crippen LogP contribution is 2.55. The lowest BCUT2D eigenvalue weighted by molar-refractivity contribution is 0.0114. The molecular weight excluding hydrogens is 252 g/mol. The Morgan fingerprint density at radius 3 is 2.32 bits per heavy atom. The van der Waals surface area contributed by atoms with Crippen molar-refractivity contribution in [1.29, 1.82) is 0 Å². The third kappa shape index (κ3) is 2.42. The van der Waals surface area contributed by atoms with Crippen LogP contribution in [0.2, 0.25) is 17.6 Å². The standard InChI is InChI=1S/C16H32O2Si/c1-6-19(7-2)14(10-17)15-12(5)8-9-13(11(3)4)16(15)18-19/h11-17H,6-10H2,1-5H3/t12-,13+,14-,15-,16-/m1/s1. The van der Waals surface area contributed by atoms with Gasteiger partial charge in [-0.05, 0) is 48.6 Å². The smallest absolute Gasteiger partial charge is 0.198 e. The minimum absolute atomic E-state index is 0.351. The molecule has 1 aliphatic heterocycles. The van der Waals surface area contributed by atoms with Crippen molar-refractivity contribution in [2.75, 3.05) is 6.61 Å². The molecular formula is C16H32O2Si. The molecule has 0 aromatic carbocycles. The van der Waals surface area contributed by atoms with Crippen molar-refractivity contribution in [1.82, 2.24) is 0 Å². The summed E-state index contributed by atoms with van der Waals surface area (Å²) in [5, 5.41) is 10.0. The van der Waals surface area contributed by atoms with Gasteiger partial charge < -0.3 is 9.53 Å². The van der Waals surface area contributed by atoms with Gasteiger partial charge >= 0.3 is 0 Å². The summed E-state index contributed by atoms with van der Waals surface area (Å²) in [6.45, 7) is 12.0. The second-order valence-corrected chi connectivity index (χ2v) is 11.7. The predicted octanol–water partition coefficient (Wildman–Crippen LogP) is 4.05. The number of aliphatic hydroxyl groups excluding tert-OH is 1. The SMILES string of the molecule is CC[Si]1(CC)O[C@H]2[C@H]([C@H](C)CC[C@H]2C(C)C)[C@H]1CO. The third-order valence-electron chi connectivity index (χ3n) is 6.17. The maximum Gasteiger partial charge on any atom is 0.198 e. The Hall–Kier alpha value is 0.137. The summed E-state index contributed by atoms with van der Waals surface area (Å²) < 4.78 is 6.78. The predicted molar refractivity (Wildman–Crippen MR) is 82.6 cm³/mol. The first kappa shape index (κ1) is 15.5. The Morgan fingerprint density at radius 2 is 1.84 bits per heavy atom. The zero-order valence-electron chi connectivity index (χ0n) is 13.4. The molecule has 0 amide bonds. The van der Waals surface area contributed by atoms with Crippen molar-refractivity contribution >= 4 is 8.32 Å². The van der Waals surface area contributed by atoms with E-state index in [0.29, 0.717) is 36.0 Å². The van der Waals surface area contributed by atoms with E-state index in [1.165, 1.54) is 24.9 Å². The zero-order valence-corrected chi connectivity index (χ0v) is 14.4. The topological polar surface area (TPSA) is 29.5 Å². The third-order valence-corrected chi connectivity index (χ3v) is 11.2. The van der Waals surface area contributed by atoms with E-state index in [9.17, 15) is 5.11 Å². The van der Waals surface area contributed by atoms with E-state index >= 15 is 0 Å². The number of hydrogen-bond donors (Lipinski definition) is 1. The molecule has 112 valence electrons. The molecule has 1 heterocycles. The molecule has 2 fully saturated rings. The monoisotopic (exact) mass is 284 g/mol.